The predicted octanol–water partition coefficient (Wildman–Crippen LogP) is 7.10. The molecule has 1 amide bonds. The van der Waals surface area contributed by atoms with Crippen LogP contribution in [0.2, 0.25) is 0 Å². The van der Waals surface area contributed by atoms with Gasteiger partial charge in [0.2, 0.25) is 5.75 Å². The van der Waals surface area contributed by atoms with Gasteiger partial charge in [-0.2, -0.15) is 5.10 Å². The Labute approximate surface area is 254 Å². The molecule has 0 aromatic heterocycles. The summed E-state index contributed by atoms with van der Waals surface area (Å²) in [6, 6.07) is 38.0. The summed E-state index contributed by atoms with van der Waals surface area (Å²) in [6.45, 7) is 0.739. The number of hydrogen-bond acceptors (Lipinski definition) is 7. The first-order chi connectivity index (χ1) is 21.5. The number of rotatable bonds is 13. The molecule has 0 spiro atoms. The first kappa shape index (κ1) is 29.5. The molecule has 5 aromatic carbocycles. The van der Waals surface area contributed by atoms with E-state index in [9.17, 15) is 14.9 Å². The monoisotopic (exact) mass is 587 g/mol. The standard InChI is InChI=1S/C35H29N3O6/c39-35(37-36-22-26-16-18-31(19-17-26)38(40)41)30-20-32(42-23-27-10-4-1-5-11-27)34(44-25-29-14-8-3-9-15-29)33(21-30)43-24-28-12-6-2-7-13-28/h1-22H,23-25H2,(H,37,39)/b36-22+. The van der Waals surface area contributed by atoms with Crippen molar-refractivity contribution in [3.05, 3.63) is 165 Å². The van der Waals surface area contributed by atoms with E-state index < -0.39 is 10.8 Å². The molecular formula is C35H29N3O6. The number of amides is 1. The van der Waals surface area contributed by atoms with Gasteiger partial charge in [0.15, 0.2) is 11.5 Å². The maximum Gasteiger partial charge on any atom is 0.271 e. The van der Waals surface area contributed by atoms with Crippen molar-refractivity contribution in [2.24, 2.45) is 5.10 Å². The van der Waals surface area contributed by atoms with Gasteiger partial charge in [-0.3, -0.25) is 14.9 Å². The summed E-state index contributed by atoms with van der Waals surface area (Å²) >= 11 is 0. The Morgan fingerprint density at radius 1 is 0.682 bits per heavy atom. The van der Waals surface area contributed by atoms with Crippen LogP contribution < -0.4 is 19.6 Å². The van der Waals surface area contributed by atoms with E-state index in [1.54, 1.807) is 12.1 Å². The zero-order chi connectivity index (χ0) is 30.6. The molecule has 44 heavy (non-hydrogen) atoms. The molecule has 0 radical (unpaired) electrons. The van der Waals surface area contributed by atoms with Crippen LogP contribution in [0.25, 0.3) is 0 Å². The zero-order valence-corrected chi connectivity index (χ0v) is 23.7. The van der Waals surface area contributed by atoms with E-state index in [0.29, 0.717) is 22.8 Å². The Hall–Kier alpha value is -5.96. The molecule has 0 bridgehead atoms. The van der Waals surface area contributed by atoms with Crippen LogP contribution in [-0.4, -0.2) is 17.0 Å². The number of nitrogens with zero attached hydrogens (tertiary/aromatic N) is 2. The SMILES string of the molecule is O=C(N/N=C/c1ccc([N+](=O)[O-])cc1)c1cc(OCc2ccccc2)c(OCc2ccccc2)c(OCc2ccccc2)c1. The van der Waals surface area contributed by atoms with E-state index in [-0.39, 0.29) is 31.1 Å². The van der Waals surface area contributed by atoms with Crippen LogP contribution in [-0.2, 0) is 19.8 Å². The summed E-state index contributed by atoms with van der Waals surface area (Å²) in [6.07, 6.45) is 1.40. The lowest BCUT2D eigenvalue weighted by Gasteiger charge is -2.19. The lowest BCUT2D eigenvalue weighted by molar-refractivity contribution is -0.384. The van der Waals surface area contributed by atoms with Crippen molar-refractivity contribution < 1.29 is 23.9 Å². The van der Waals surface area contributed by atoms with Crippen molar-refractivity contribution >= 4 is 17.8 Å². The Bertz CT molecular complexity index is 1650. The Kier molecular flexibility index (Phi) is 9.92. The van der Waals surface area contributed by atoms with Gasteiger partial charge in [-0.25, -0.2) is 5.43 Å². The third-order valence-electron chi connectivity index (χ3n) is 6.47. The summed E-state index contributed by atoms with van der Waals surface area (Å²) in [5.74, 6) is 0.526. The number of carbonyl (C=O) groups excluding carboxylic acids is 1. The van der Waals surface area contributed by atoms with Crippen molar-refractivity contribution in [1.29, 1.82) is 0 Å². The fraction of sp³-hybridized carbons (Fsp3) is 0.0857. The van der Waals surface area contributed by atoms with E-state index in [2.05, 4.69) is 10.5 Å². The van der Waals surface area contributed by atoms with Crippen LogP contribution in [0.15, 0.2) is 132 Å². The molecular weight excluding hydrogens is 558 g/mol. The molecule has 0 aliphatic carbocycles. The summed E-state index contributed by atoms with van der Waals surface area (Å²) < 4.78 is 18.7. The molecule has 220 valence electrons. The molecule has 0 fully saturated rings. The Morgan fingerprint density at radius 3 is 1.59 bits per heavy atom. The minimum absolute atomic E-state index is 0.0353. The van der Waals surface area contributed by atoms with Gasteiger partial charge < -0.3 is 14.2 Å². The molecule has 1 N–H and O–H groups in total. The summed E-state index contributed by atoms with van der Waals surface area (Å²) in [7, 11) is 0. The quantitative estimate of drug-likeness (QED) is 0.0894. The average molecular weight is 588 g/mol. The molecule has 9 nitrogen and oxygen atoms in total. The van der Waals surface area contributed by atoms with E-state index in [0.717, 1.165) is 16.7 Å². The average Bonchev–Trinajstić information content (AvgIpc) is 3.07. The number of nitro groups is 1. The molecule has 0 saturated heterocycles. The van der Waals surface area contributed by atoms with Gasteiger partial charge in [0.05, 0.1) is 11.1 Å². The third-order valence-corrected chi connectivity index (χ3v) is 6.47. The highest BCUT2D eigenvalue weighted by atomic mass is 16.6. The van der Waals surface area contributed by atoms with Crippen LogP contribution in [0.5, 0.6) is 17.2 Å². The number of non-ortho nitro benzene ring substituents is 1. The number of carbonyl (C=O) groups is 1. The van der Waals surface area contributed by atoms with Gasteiger partial charge in [-0.1, -0.05) is 91.0 Å². The minimum Gasteiger partial charge on any atom is -0.485 e. The molecule has 5 aromatic rings. The van der Waals surface area contributed by atoms with Gasteiger partial charge in [-0.15, -0.1) is 0 Å². The van der Waals surface area contributed by atoms with Gasteiger partial charge in [0, 0.05) is 17.7 Å². The maximum absolute atomic E-state index is 13.3. The van der Waals surface area contributed by atoms with E-state index in [1.807, 2.05) is 91.0 Å². The number of ether oxygens (including phenoxy) is 3. The highest BCUT2D eigenvalue weighted by Crippen LogP contribution is 2.40. The second-order valence-electron chi connectivity index (χ2n) is 9.67. The Balaban J connectivity index is 1.43. The number of benzene rings is 5. The van der Waals surface area contributed by atoms with Crippen LogP contribution in [0.4, 0.5) is 5.69 Å². The molecule has 0 heterocycles. The normalized spacial score (nSPS) is 10.7. The number of nitrogens with one attached hydrogen (secondary N) is 1. The highest BCUT2D eigenvalue weighted by molar-refractivity contribution is 5.96. The van der Waals surface area contributed by atoms with E-state index >= 15 is 0 Å². The number of nitro benzene ring substituents is 1. The summed E-state index contributed by atoms with van der Waals surface area (Å²) in [4.78, 5) is 23.7. The Morgan fingerprint density at radius 2 is 1.14 bits per heavy atom. The van der Waals surface area contributed by atoms with Crippen molar-refractivity contribution in [3.63, 3.8) is 0 Å². The molecule has 9 heteroatoms. The van der Waals surface area contributed by atoms with E-state index in [1.165, 1.54) is 30.5 Å². The molecule has 0 unspecified atom stereocenters. The van der Waals surface area contributed by atoms with Crippen LogP contribution in [0.1, 0.15) is 32.6 Å². The number of hydrogen-bond donors (Lipinski definition) is 1. The van der Waals surface area contributed by atoms with Crippen LogP contribution >= 0.6 is 0 Å². The van der Waals surface area contributed by atoms with Gasteiger partial charge in [-0.05, 0) is 46.5 Å². The molecule has 0 aliphatic rings. The largest absolute Gasteiger partial charge is 0.485 e. The summed E-state index contributed by atoms with van der Waals surface area (Å²) in [5, 5.41) is 14.9. The first-order valence-electron chi connectivity index (χ1n) is 13.8. The minimum atomic E-state index is -0.508. The molecule has 0 atom stereocenters. The number of hydrazone groups is 1. The zero-order valence-electron chi connectivity index (χ0n) is 23.7. The van der Waals surface area contributed by atoms with E-state index in [4.69, 9.17) is 14.2 Å². The van der Waals surface area contributed by atoms with Crippen molar-refractivity contribution in [3.8, 4) is 17.2 Å². The lowest BCUT2D eigenvalue weighted by Crippen LogP contribution is -2.18. The predicted molar refractivity (Wildman–Crippen MR) is 167 cm³/mol. The van der Waals surface area contributed by atoms with Crippen molar-refractivity contribution in [1.82, 2.24) is 5.43 Å². The van der Waals surface area contributed by atoms with Gasteiger partial charge in [0.1, 0.15) is 19.8 Å². The second-order valence-corrected chi connectivity index (χ2v) is 9.67. The van der Waals surface area contributed by atoms with Gasteiger partial charge >= 0.3 is 0 Å². The van der Waals surface area contributed by atoms with Gasteiger partial charge in [0.25, 0.3) is 11.6 Å². The molecule has 0 aliphatic heterocycles. The summed E-state index contributed by atoms with van der Waals surface area (Å²) in [5.41, 5.74) is 6.13. The van der Waals surface area contributed by atoms with Crippen LogP contribution in [0, 0.1) is 10.1 Å². The van der Waals surface area contributed by atoms with Crippen molar-refractivity contribution in [2.45, 2.75) is 19.8 Å². The lowest BCUT2D eigenvalue weighted by atomic mass is 10.1. The highest BCUT2D eigenvalue weighted by Gasteiger charge is 2.20. The van der Waals surface area contributed by atoms with Crippen molar-refractivity contribution in [2.75, 3.05) is 0 Å². The second kappa shape index (κ2) is 14.8. The van der Waals surface area contributed by atoms with Crippen LogP contribution in [0.3, 0.4) is 0 Å². The fourth-order valence-corrected chi connectivity index (χ4v) is 4.18. The molecule has 0 saturated carbocycles. The topological polar surface area (TPSA) is 112 Å². The molecule has 5 rings (SSSR count). The third kappa shape index (κ3) is 8.29. The smallest absolute Gasteiger partial charge is 0.271 e. The maximum atomic E-state index is 13.3. The fourth-order valence-electron chi connectivity index (χ4n) is 4.18. The first-order valence-corrected chi connectivity index (χ1v) is 13.8.